The number of aliphatic hydroxyl groups excluding tert-OH is 2. The first-order chi connectivity index (χ1) is 20.5. The summed E-state index contributed by atoms with van der Waals surface area (Å²) in [6, 6.07) is 8.40. The molecule has 43 heavy (non-hydrogen) atoms. The molecule has 2 aliphatic rings. The Labute approximate surface area is 255 Å². The molecule has 0 saturated carbocycles. The molecule has 1 aliphatic carbocycles. The molecule has 1 aliphatic heterocycles. The maximum absolute atomic E-state index is 13.4. The number of carbonyl (C=O) groups excluding carboxylic acids is 2. The van der Waals surface area contributed by atoms with Crippen molar-refractivity contribution < 1.29 is 33.0 Å². The number of morpholine rings is 1. The van der Waals surface area contributed by atoms with E-state index in [1.165, 1.54) is 21.5 Å². The zero-order chi connectivity index (χ0) is 31.4. The van der Waals surface area contributed by atoms with Gasteiger partial charge < -0.3 is 25.6 Å². The van der Waals surface area contributed by atoms with E-state index >= 15 is 0 Å². The van der Waals surface area contributed by atoms with Crippen LogP contribution in [-0.2, 0) is 24.5 Å². The fourth-order valence-electron chi connectivity index (χ4n) is 5.51. The molecular formula is C31H48N4O7S. The van der Waals surface area contributed by atoms with Crippen LogP contribution in [0.1, 0.15) is 57.9 Å². The molecule has 240 valence electrons. The van der Waals surface area contributed by atoms with E-state index in [2.05, 4.69) is 40.1 Å². The highest BCUT2D eigenvalue weighted by atomic mass is 32.2. The van der Waals surface area contributed by atoms with Gasteiger partial charge in [-0.1, -0.05) is 56.3 Å². The number of aliphatic hydroxyl groups is 2. The molecule has 2 unspecified atom stereocenters. The summed E-state index contributed by atoms with van der Waals surface area (Å²) in [7, 11) is -3.88. The Bertz CT molecular complexity index is 1190. The number of allylic oxidation sites excluding steroid dienone is 2. The van der Waals surface area contributed by atoms with Crippen molar-refractivity contribution in [1.82, 2.24) is 19.7 Å². The number of rotatable bonds is 16. The molecule has 1 aromatic carbocycles. The van der Waals surface area contributed by atoms with Crippen molar-refractivity contribution in [3.05, 3.63) is 54.6 Å². The van der Waals surface area contributed by atoms with Gasteiger partial charge in [-0.25, -0.2) is 0 Å². The van der Waals surface area contributed by atoms with Crippen molar-refractivity contribution in [1.29, 1.82) is 0 Å². The molecule has 12 heteroatoms. The van der Waals surface area contributed by atoms with Crippen LogP contribution in [0.15, 0.2) is 49.1 Å². The van der Waals surface area contributed by atoms with Crippen LogP contribution >= 0.6 is 0 Å². The molecular weight excluding hydrogens is 572 g/mol. The number of ether oxygens (including phenoxy) is 1. The van der Waals surface area contributed by atoms with E-state index in [4.69, 9.17) is 4.74 Å². The van der Waals surface area contributed by atoms with Crippen LogP contribution in [0.25, 0.3) is 5.57 Å². The Morgan fingerprint density at radius 1 is 1.14 bits per heavy atom. The molecule has 1 aromatic rings. The number of carbonyl (C=O) groups is 2. The lowest BCUT2D eigenvalue weighted by Gasteiger charge is -2.33. The van der Waals surface area contributed by atoms with Crippen LogP contribution in [0, 0.1) is 11.8 Å². The van der Waals surface area contributed by atoms with Gasteiger partial charge in [0.15, 0.2) is 0 Å². The molecule has 1 fully saturated rings. The summed E-state index contributed by atoms with van der Waals surface area (Å²) in [5.74, 6) is -0.898. The van der Waals surface area contributed by atoms with Crippen LogP contribution in [0.4, 0.5) is 0 Å². The summed E-state index contributed by atoms with van der Waals surface area (Å²) in [5, 5.41) is 27.4. The Morgan fingerprint density at radius 3 is 2.44 bits per heavy atom. The average molecular weight is 621 g/mol. The second-order valence-electron chi connectivity index (χ2n) is 11.8. The van der Waals surface area contributed by atoms with E-state index in [1.807, 2.05) is 32.0 Å². The molecule has 11 nitrogen and oxygen atoms in total. The van der Waals surface area contributed by atoms with Crippen molar-refractivity contribution in [3.63, 3.8) is 0 Å². The second kappa shape index (κ2) is 17.0. The number of nitrogens with zero attached hydrogens (tertiary/aromatic N) is 1. The summed E-state index contributed by atoms with van der Waals surface area (Å²) >= 11 is 0. The van der Waals surface area contributed by atoms with Gasteiger partial charge in [0.2, 0.25) is 11.8 Å². The quantitative estimate of drug-likeness (QED) is 0.176. The first kappa shape index (κ1) is 34.9. The maximum Gasteiger partial charge on any atom is 0.280 e. The van der Waals surface area contributed by atoms with Gasteiger partial charge in [-0.15, -0.1) is 6.58 Å². The molecule has 5 N–H and O–H groups in total. The Morgan fingerprint density at radius 2 is 1.84 bits per heavy atom. The van der Waals surface area contributed by atoms with Crippen molar-refractivity contribution in [2.75, 3.05) is 32.8 Å². The standard InChI is InChI=1S/C31H48N4O7S/c1-4-8-26(33-29(37)21-32-43(40,41)35-15-17-42-18-16-35)31(39)34-27(30(38)28(36)19-22(2)3)20-23-11-13-25(14-12-23)24-9-6-5-7-10-24/h4-7,9-10,13,22-23,26-28,30,32,36,38H,1,8,11-12,14-21H2,2-3H3,(H,33,37)(H,34,39)/t23?,26?,27-,28-,30+/m0/s1. The van der Waals surface area contributed by atoms with Crippen molar-refractivity contribution in [3.8, 4) is 0 Å². The summed E-state index contributed by atoms with van der Waals surface area (Å²) in [5.41, 5.74) is 2.46. The van der Waals surface area contributed by atoms with E-state index in [-0.39, 0.29) is 44.6 Å². The first-order valence-electron chi connectivity index (χ1n) is 15.1. The second-order valence-corrected chi connectivity index (χ2v) is 13.5. The molecule has 5 atom stereocenters. The lowest BCUT2D eigenvalue weighted by molar-refractivity contribution is -0.130. The van der Waals surface area contributed by atoms with Crippen LogP contribution in [0.2, 0.25) is 0 Å². The normalized spacial score (nSPS) is 20.9. The average Bonchev–Trinajstić information content (AvgIpc) is 3.00. The highest BCUT2D eigenvalue weighted by molar-refractivity contribution is 7.87. The Balaban J connectivity index is 1.64. The Hall–Kier alpha value is -2.61. The third-order valence-electron chi connectivity index (χ3n) is 7.88. The predicted molar refractivity (Wildman–Crippen MR) is 166 cm³/mol. The third-order valence-corrected chi connectivity index (χ3v) is 9.43. The number of nitrogens with one attached hydrogen (secondary N) is 3. The van der Waals surface area contributed by atoms with Crippen LogP contribution in [0.3, 0.4) is 0 Å². The summed E-state index contributed by atoms with van der Waals surface area (Å²) in [6.07, 6.45) is 4.89. The molecule has 1 heterocycles. The molecule has 0 bridgehead atoms. The lowest BCUT2D eigenvalue weighted by atomic mass is 9.81. The SMILES string of the molecule is C=CCC(NC(=O)CNS(=O)(=O)N1CCOCC1)C(=O)N[C@@H](CC1CC=C(c2ccccc2)CC1)[C@@H](O)[C@@H](O)CC(C)C. The van der Waals surface area contributed by atoms with Crippen LogP contribution < -0.4 is 15.4 Å². The maximum atomic E-state index is 13.4. The van der Waals surface area contributed by atoms with E-state index in [1.54, 1.807) is 0 Å². The minimum Gasteiger partial charge on any atom is -0.390 e. The number of hydrogen-bond acceptors (Lipinski definition) is 7. The molecule has 1 saturated heterocycles. The highest BCUT2D eigenvalue weighted by Gasteiger charge is 2.33. The van der Waals surface area contributed by atoms with Gasteiger partial charge in [0, 0.05) is 13.1 Å². The predicted octanol–water partition coefficient (Wildman–Crippen LogP) is 1.74. The van der Waals surface area contributed by atoms with E-state index in [9.17, 15) is 28.2 Å². The van der Waals surface area contributed by atoms with Gasteiger partial charge in [0.1, 0.15) is 12.1 Å². The number of benzene rings is 1. The smallest absolute Gasteiger partial charge is 0.280 e. The van der Waals surface area contributed by atoms with Crippen molar-refractivity contribution >= 4 is 27.6 Å². The van der Waals surface area contributed by atoms with Gasteiger partial charge in [0.25, 0.3) is 10.2 Å². The van der Waals surface area contributed by atoms with Crippen LogP contribution in [0.5, 0.6) is 0 Å². The van der Waals surface area contributed by atoms with Crippen molar-refractivity contribution in [2.24, 2.45) is 11.8 Å². The highest BCUT2D eigenvalue weighted by Crippen LogP contribution is 2.33. The number of hydrogen-bond donors (Lipinski definition) is 5. The fraction of sp³-hybridized carbons (Fsp3) is 0.613. The van der Waals surface area contributed by atoms with Gasteiger partial charge in [-0.05, 0) is 61.5 Å². The largest absolute Gasteiger partial charge is 0.390 e. The minimum atomic E-state index is -3.88. The zero-order valence-electron chi connectivity index (χ0n) is 25.3. The molecule has 0 aromatic heterocycles. The molecule has 0 spiro atoms. The molecule has 2 amide bonds. The van der Waals surface area contributed by atoms with Gasteiger partial charge in [-0.3, -0.25) is 9.59 Å². The van der Waals surface area contributed by atoms with Gasteiger partial charge >= 0.3 is 0 Å². The molecule has 3 rings (SSSR count). The topological polar surface area (TPSA) is 157 Å². The third kappa shape index (κ3) is 11.1. The minimum absolute atomic E-state index is 0.0950. The van der Waals surface area contributed by atoms with Gasteiger partial charge in [-0.2, -0.15) is 17.4 Å². The fourth-order valence-corrected chi connectivity index (χ4v) is 6.64. The van der Waals surface area contributed by atoms with Crippen molar-refractivity contribution in [2.45, 2.75) is 76.7 Å². The molecule has 0 radical (unpaired) electrons. The first-order valence-corrected chi connectivity index (χ1v) is 16.6. The van der Waals surface area contributed by atoms with E-state index in [0.29, 0.717) is 12.8 Å². The summed E-state index contributed by atoms with van der Waals surface area (Å²) in [6.45, 7) is 7.97. The lowest BCUT2D eigenvalue weighted by Crippen LogP contribution is -2.56. The van der Waals surface area contributed by atoms with E-state index < -0.39 is 52.9 Å². The van der Waals surface area contributed by atoms with E-state index in [0.717, 1.165) is 19.3 Å². The van der Waals surface area contributed by atoms with Crippen LogP contribution in [-0.4, -0.2) is 91.9 Å². The van der Waals surface area contributed by atoms with Gasteiger partial charge in [0.05, 0.1) is 31.9 Å². The summed E-state index contributed by atoms with van der Waals surface area (Å²) < 4.78 is 33.7. The number of amides is 2. The summed E-state index contributed by atoms with van der Waals surface area (Å²) in [4.78, 5) is 26.1. The monoisotopic (exact) mass is 620 g/mol. The zero-order valence-corrected chi connectivity index (χ0v) is 26.1. The Kier molecular flexibility index (Phi) is 13.8.